The van der Waals surface area contributed by atoms with E-state index in [1.54, 1.807) is 35.2 Å². The van der Waals surface area contributed by atoms with Crippen molar-refractivity contribution in [3.63, 3.8) is 0 Å². The van der Waals surface area contributed by atoms with Crippen molar-refractivity contribution >= 4 is 17.5 Å². The van der Waals surface area contributed by atoms with Crippen molar-refractivity contribution in [3.05, 3.63) is 65.7 Å². The fourth-order valence-corrected chi connectivity index (χ4v) is 3.04. The second-order valence-electron chi connectivity index (χ2n) is 6.40. The molecule has 1 heterocycles. The summed E-state index contributed by atoms with van der Waals surface area (Å²) in [5.74, 6) is -1.09. The summed E-state index contributed by atoms with van der Waals surface area (Å²) in [4.78, 5) is 27.8. The van der Waals surface area contributed by atoms with Crippen LogP contribution in [0.5, 0.6) is 0 Å². The third-order valence-corrected chi connectivity index (χ3v) is 4.54. The van der Waals surface area contributed by atoms with Gasteiger partial charge in [0.15, 0.2) is 0 Å². The maximum Gasteiger partial charge on any atom is 0.242 e. The van der Waals surface area contributed by atoms with Gasteiger partial charge >= 0.3 is 0 Å². The minimum absolute atomic E-state index is 0.0836. The van der Waals surface area contributed by atoms with Gasteiger partial charge in [0.25, 0.3) is 0 Å². The molecular weight excluding hydrogens is 352 g/mol. The molecule has 0 saturated carbocycles. The number of piperazine rings is 1. The number of benzene rings is 2. The minimum Gasteiger partial charge on any atom is -0.366 e. The fraction of sp³-hybridized carbons (Fsp3) is 0.300. The van der Waals surface area contributed by atoms with Crippen LogP contribution in [-0.4, -0.2) is 49.4 Å². The molecule has 0 radical (unpaired) electrons. The number of nitrogens with zero attached hydrogens (tertiary/aromatic N) is 2. The van der Waals surface area contributed by atoms with Gasteiger partial charge in [0, 0.05) is 26.2 Å². The van der Waals surface area contributed by atoms with E-state index in [-0.39, 0.29) is 36.4 Å². The summed E-state index contributed by atoms with van der Waals surface area (Å²) in [6.07, 6.45) is 0.0919. The second-order valence-corrected chi connectivity index (χ2v) is 6.40. The predicted octanol–water partition coefficient (Wildman–Crippen LogP) is 1.97. The summed E-state index contributed by atoms with van der Waals surface area (Å²) in [7, 11) is 0. The third-order valence-electron chi connectivity index (χ3n) is 4.54. The Balaban J connectivity index is 1.43. The molecular formula is C20H21F2N3O2. The number of rotatable bonds is 5. The van der Waals surface area contributed by atoms with Crippen molar-refractivity contribution in [2.45, 2.75) is 6.42 Å². The van der Waals surface area contributed by atoms with Crippen LogP contribution in [-0.2, 0) is 16.0 Å². The number of hydrogen-bond donors (Lipinski definition) is 1. The molecule has 0 unspecified atom stereocenters. The first-order valence-electron chi connectivity index (χ1n) is 8.81. The summed E-state index contributed by atoms with van der Waals surface area (Å²) < 4.78 is 26.7. The number of halogens is 2. The van der Waals surface area contributed by atoms with Crippen LogP contribution in [0.4, 0.5) is 14.5 Å². The lowest BCUT2D eigenvalue weighted by atomic mass is 10.1. The number of hydrogen-bond acceptors (Lipinski definition) is 3. The van der Waals surface area contributed by atoms with Crippen LogP contribution in [0.2, 0.25) is 0 Å². The molecule has 2 amide bonds. The number of carbonyl (C=O) groups excluding carboxylic acids is 2. The van der Waals surface area contributed by atoms with E-state index in [4.69, 9.17) is 0 Å². The third kappa shape index (κ3) is 5.03. The lowest BCUT2D eigenvalue weighted by molar-refractivity contribution is -0.133. The first-order valence-corrected chi connectivity index (χ1v) is 8.81. The van der Waals surface area contributed by atoms with Gasteiger partial charge < -0.3 is 15.1 Å². The average Bonchev–Trinajstić information content (AvgIpc) is 2.68. The fourth-order valence-electron chi connectivity index (χ4n) is 3.04. The van der Waals surface area contributed by atoms with E-state index in [0.717, 1.165) is 0 Å². The van der Waals surface area contributed by atoms with Crippen LogP contribution >= 0.6 is 0 Å². The van der Waals surface area contributed by atoms with Crippen molar-refractivity contribution in [3.8, 4) is 0 Å². The molecule has 1 aliphatic rings. The lowest BCUT2D eigenvalue weighted by Crippen LogP contribution is -2.51. The molecule has 0 bridgehead atoms. The Morgan fingerprint density at radius 3 is 2.26 bits per heavy atom. The van der Waals surface area contributed by atoms with Crippen LogP contribution in [0.3, 0.4) is 0 Å². The summed E-state index contributed by atoms with van der Waals surface area (Å²) in [6, 6.07) is 12.2. The molecule has 1 fully saturated rings. The number of nitrogens with one attached hydrogen (secondary N) is 1. The Hall–Kier alpha value is -2.96. The highest BCUT2D eigenvalue weighted by atomic mass is 19.1. The van der Waals surface area contributed by atoms with Crippen molar-refractivity contribution in [1.29, 1.82) is 0 Å². The smallest absolute Gasteiger partial charge is 0.242 e. The molecule has 0 spiro atoms. The van der Waals surface area contributed by atoms with Crippen LogP contribution in [0.15, 0.2) is 48.5 Å². The van der Waals surface area contributed by atoms with Crippen molar-refractivity contribution < 1.29 is 18.4 Å². The van der Waals surface area contributed by atoms with Crippen molar-refractivity contribution in [2.75, 3.05) is 37.6 Å². The normalized spacial score (nSPS) is 14.1. The summed E-state index contributed by atoms with van der Waals surface area (Å²) in [5, 5.41) is 2.60. The zero-order chi connectivity index (χ0) is 19.2. The Morgan fingerprint density at radius 2 is 1.59 bits per heavy atom. The van der Waals surface area contributed by atoms with Crippen LogP contribution in [0.25, 0.3) is 0 Å². The van der Waals surface area contributed by atoms with Gasteiger partial charge in [0.2, 0.25) is 11.8 Å². The first kappa shape index (κ1) is 18.8. The molecule has 2 aromatic carbocycles. The van der Waals surface area contributed by atoms with Crippen molar-refractivity contribution in [2.24, 2.45) is 0 Å². The molecule has 0 atom stereocenters. The van der Waals surface area contributed by atoms with E-state index < -0.39 is 0 Å². The quantitative estimate of drug-likeness (QED) is 0.872. The van der Waals surface area contributed by atoms with Gasteiger partial charge in [-0.15, -0.1) is 0 Å². The molecule has 2 aromatic rings. The Labute approximate surface area is 156 Å². The number of para-hydroxylation sites is 1. The van der Waals surface area contributed by atoms with Gasteiger partial charge in [-0.25, -0.2) is 8.78 Å². The standard InChI is InChI=1S/C20H21F2N3O2/c21-16-7-5-15(6-8-16)13-19(26)23-14-20(27)25-11-9-24(10-12-25)18-4-2-1-3-17(18)22/h1-8H,9-14H2,(H,23,26). The largest absolute Gasteiger partial charge is 0.366 e. The maximum atomic E-state index is 13.9. The molecule has 0 aliphatic carbocycles. The Kier molecular flexibility index (Phi) is 6.01. The van der Waals surface area contributed by atoms with Gasteiger partial charge in [-0.1, -0.05) is 24.3 Å². The van der Waals surface area contributed by atoms with Crippen LogP contribution in [0.1, 0.15) is 5.56 Å². The molecule has 1 saturated heterocycles. The summed E-state index contributed by atoms with van der Waals surface area (Å²) in [6.45, 7) is 1.94. The highest BCUT2D eigenvalue weighted by molar-refractivity contribution is 5.85. The number of anilines is 1. The molecule has 142 valence electrons. The SMILES string of the molecule is O=C(Cc1ccc(F)cc1)NCC(=O)N1CCN(c2ccccc2F)CC1. The lowest BCUT2D eigenvalue weighted by Gasteiger charge is -2.36. The van der Waals surface area contributed by atoms with Gasteiger partial charge in [-0.3, -0.25) is 9.59 Å². The topological polar surface area (TPSA) is 52.7 Å². The summed E-state index contributed by atoms with van der Waals surface area (Å²) in [5.41, 5.74) is 1.22. The average molecular weight is 373 g/mol. The van der Waals surface area contributed by atoms with Gasteiger partial charge in [-0.05, 0) is 29.8 Å². The van der Waals surface area contributed by atoms with Crippen molar-refractivity contribution in [1.82, 2.24) is 10.2 Å². The molecule has 5 nitrogen and oxygen atoms in total. The van der Waals surface area contributed by atoms with Crippen LogP contribution in [0, 0.1) is 11.6 Å². The van der Waals surface area contributed by atoms with Crippen LogP contribution < -0.4 is 10.2 Å². The first-order chi connectivity index (χ1) is 13.0. The minimum atomic E-state index is -0.358. The van der Waals surface area contributed by atoms with E-state index >= 15 is 0 Å². The number of amides is 2. The van der Waals surface area contributed by atoms with Gasteiger partial charge in [0.05, 0.1) is 18.7 Å². The molecule has 27 heavy (non-hydrogen) atoms. The molecule has 7 heteroatoms. The number of carbonyl (C=O) groups is 2. The van der Waals surface area contributed by atoms with E-state index in [2.05, 4.69) is 5.32 Å². The molecule has 0 aromatic heterocycles. The monoisotopic (exact) mass is 373 g/mol. The predicted molar refractivity (Wildman–Crippen MR) is 98.3 cm³/mol. The van der Waals surface area contributed by atoms with Gasteiger partial charge in [0.1, 0.15) is 11.6 Å². The van der Waals surface area contributed by atoms with E-state index in [1.807, 2.05) is 4.90 Å². The van der Waals surface area contributed by atoms with E-state index in [9.17, 15) is 18.4 Å². The highest BCUT2D eigenvalue weighted by Gasteiger charge is 2.22. The summed E-state index contributed by atoms with van der Waals surface area (Å²) >= 11 is 0. The Morgan fingerprint density at radius 1 is 0.926 bits per heavy atom. The Bertz CT molecular complexity index is 803. The van der Waals surface area contributed by atoms with E-state index in [1.165, 1.54) is 18.2 Å². The van der Waals surface area contributed by atoms with Gasteiger partial charge in [-0.2, -0.15) is 0 Å². The zero-order valence-corrected chi connectivity index (χ0v) is 14.8. The molecule has 1 aliphatic heterocycles. The molecule has 3 rings (SSSR count). The highest BCUT2D eigenvalue weighted by Crippen LogP contribution is 2.20. The second kappa shape index (κ2) is 8.62. The molecule has 1 N–H and O–H groups in total. The zero-order valence-electron chi connectivity index (χ0n) is 14.8. The maximum absolute atomic E-state index is 13.9. The van der Waals surface area contributed by atoms with E-state index in [0.29, 0.717) is 37.4 Å².